The van der Waals surface area contributed by atoms with Crippen LogP contribution in [0.25, 0.3) is 0 Å². The van der Waals surface area contributed by atoms with Crippen molar-refractivity contribution in [1.82, 2.24) is 15.0 Å². The van der Waals surface area contributed by atoms with Crippen molar-refractivity contribution >= 4 is 0 Å². The number of nitrogens with zero attached hydrogens (tertiary/aromatic N) is 3. The number of aliphatic hydroxyl groups excluding tert-OH is 1. The number of aryl methyl sites for hydroxylation is 1. The van der Waals surface area contributed by atoms with E-state index in [1.165, 1.54) is 7.05 Å². The van der Waals surface area contributed by atoms with Crippen molar-refractivity contribution in [1.29, 1.82) is 0 Å². The fraction of sp³-hybridized carbons (Fsp3) is 0.600. The van der Waals surface area contributed by atoms with Crippen molar-refractivity contribution < 1.29 is 18.3 Å². The Labute approximate surface area is 65.6 Å². The molecule has 1 aromatic heterocycles. The summed E-state index contributed by atoms with van der Waals surface area (Å²) >= 11 is 0. The van der Waals surface area contributed by atoms with Crippen LogP contribution in [0.5, 0.6) is 0 Å². The van der Waals surface area contributed by atoms with Gasteiger partial charge >= 0.3 is 6.18 Å². The number of rotatable bonds is 1. The van der Waals surface area contributed by atoms with Gasteiger partial charge in [0.2, 0.25) is 0 Å². The Kier molecular flexibility index (Phi) is 2.05. The molecular weight excluding hydrogens is 175 g/mol. The van der Waals surface area contributed by atoms with E-state index in [0.29, 0.717) is 0 Å². The van der Waals surface area contributed by atoms with Crippen molar-refractivity contribution in [3.63, 3.8) is 0 Å². The first kappa shape index (κ1) is 8.98. The Hall–Kier alpha value is -1.11. The van der Waals surface area contributed by atoms with Crippen LogP contribution in [-0.2, 0) is 7.05 Å². The first-order valence-electron chi connectivity index (χ1n) is 3.02. The van der Waals surface area contributed by atoms with E-state index in [1.54, 1.807) is 0 Å². The number of aliphatic hydroxyl groups is 1. The number of alkyl halides is 3. The van der Waals surface area contributed by atoms with E-state index in [9.17, 15) is 13.2 Å². The lowest BCUT2D eigenvalue weighted by atomic mass is 10.3. The Morgan fingerprint density at radius 2 is 2.17 bits per heavy atom. The van der Waals surface area contributed by atoms with Crippen LogP contribution in [0.4, 0.5) is 13.2 Å². The second-order valence-corrected chi connectivity index (χ2v) is 2.26. The molecule has 0 fully saturated rings. The van der Waals surface area contributed by atoms with Crippen LogP contribution < -0.4 is 0 Å². The van der Waals surface area contributed by atoms with Gasteiger partial charge in [-0.25, -0.2) is 0 Å². The molecule has 0 saturated heterocycles. The highest BCUT2D eigenvalue weighted by atomic mass is 19.4. The summed E-state index contributed by atoms with van der Waals surface area (Å²) in [6, 6.07) is 0. The first-order valence-corrected chi connectivity index (χ1v) is 3.02. The molecule has 1 N–H and O–H groups in total. The van der Waals surface area contributed by atoms with E-state index in [-0.39, 0.29) is 0 Å². The number of hydrogen-bond donors (Lipinski definition) is 1. The van der Waals surface area contributed by atoms with Crippen LogP contribution in [-0.4, -0.2) is 26.3 Å². The summed E-state index contributed by atoms with van der Waals surface area (Å²) in [6.45, 7) is 0. The molecule has 1 atom stereocenters. The summed E-state index contributed by atoms with van der Waals surface area (Å²) in [4.78, 5) is 0. The Bertz CT molecular complexity index is 269. The van der Waals surface area contributed by atoms with Gasteiger partial charge in [-0.2, -0.15) is 13.2 Å². The second-order valence-electron chi connectivity index (χ2n) is 2.26. The van der Waals surface area contributed by atoms with Crippen molar-refractivity contribution in [3.05, 3.63) is 11.9 Å². The summed E-state index contributed by atoms with van der Waals surface area (Å²) in [5.74, 6) is 0. The van der Waals surface area contributed by atoms with Crippen LogP contribution in [0.3, 0.4) is 0 Å². The SMILES string of the molecule is Cn1cc([C@@H](O)C(F)(F)F)nn1. The van der Waals surface area contributed by atoms with Crippen molar-refractivity contribution in [2.24, 2.45) is 7.05 Å². The highest BCUT2D eigenvalue weighted by Crippen LogP contribution is 2.30. The molecule has 0 spiro atoms. The van der Waals surface area contributed by atoms with Gasteiger partial charge in [0.15, 0.2) is 6.10 Å². The summed E-state index contributed by atoms with van der Waals surface area (Å²) in [5, 5.41) is 15.0. The predicted octanol–water partition coefficient (Wildman–Crippen LogP) is 0.411. The van der Waals surface area contributed by atoms with Gasteiger partial charge in [-0.3, -0.25) is 4.68 Å². The van der Waals surface area contributed by atoms with Gasteiger partial charge in [-0.15, -0.1) is 5.10 Å². The molecule has 0 bridgehead atoms. The largest absolute Gasteiger partial charge is 0.420 e. The molecule has 7 heteroatoms. The lowest BCUT2D eigenvalue weighted by Crippen LogP contribution is -2.20. The summed E-state index contributed by atoms with van der Waals surface area (Å²) in [6.07, 6.45) is -6.22. The summed E-state index contributed by atoms with van der Waals surface area (Å²) < 4.78 is 36.5. The molecule has 0 amide bonds. The van der Waals surface area contributed by atoms with Crippen LogP contribution in [0.2, 0.25) is 0 Å². The van der Waals surface area contributed by atoms with Gasteiger partial charge in [-0.05, 0) is 0 Å². The van der Waals surface area contributed by atoms with Gasteiger partial charge in [0.1, 0.15) is 5.69 Å². The van der Waals surface area contributed by atoms with Crippen molar-refractivity contribution in [3.8, 4) is 0 Å². The topological polar surface area (TPSA) is 50.9 Å². The number of halogens is 3. The van der Waals surface area contributed by atoms with Gasteiger partial charge in [0.05, 0.1) is 6.20 Å². The molecule has 0 unspecified atom stereocenters. The second kappa shape index (κ2) is 2.74. The lowest BCUT2D eigenvalue weighted by Gasteiger charge is -2.10. The smallest absolute Gasteiger partial charge is 0.378 e. The molecule has 0 aromatic carbocycles. The zero-order valence-corrected chi connectivity index (χ0v) is 6.08. The van der Waals surface area contributed by atoms with Gasteiger partial charge in [0.25, 0.3) is 0 Å². The normalized spacial score (nSPS) is 14.8. The standard InChI is InChI=1S/C5H6F3N3O/c1-11-2-3(9-10-11)4(12)5(6,7)8/h2,4,12H,1H3/t4-/m1/s1. The summed E-state index contributed by atoms with van der Waals surface area (Å²) in [7, 11) is 1.42. The van der Waals surface area contributed by atoms with Crippen molar-refractivity contribution in [2.45, 2.75) is 12.3 Å². The van der Waals surface area contributed by atoms with E-state index < -0.39 is 18.0 Å². The minimum atomic E-state index is -4.68. The highest BCUT2D eigenvalue weighted by molar-refractivity contribution is 4.99. The average Bonchev–Trinajstić information content (AvgIpc) is 2.32. The maximum Gasteiger partial charge on any atom is 0.420 e. The van der Waals surface area contributed by atoms with E-state index >= 15 is 0 Å². The third-order valence-corrected chi connectivity index (χ3v) is 1.21. The van der Waals surface area contributed by atoms with Crippen LogP contribution in [0.1, 0.15) is 11.8 Å². The molecule has 0 radical (unpaired) electrons. The quantitative estimate of drug-likeness (QED) is 0.682. The molecular formula is C5H6F3N3O. The molecule has 0 saturated carbocycles. The lowest BCUT2D eigenvalue weighted by molar-refractivity contribution is -0.208. The molecule has 68 valence electrons. The Morgan fingerprint density at radius 3 is 2.50 bits per heavy atom. The van der Waals surface area contributed by atoms with E-state index in [2.05, 4.69) is 10.3 Å². The van der Waals surface area contributed by atoms with Gasteiger partial charge in [-0.1, -0.05) is 5.21 Å². The Balaban J connectivity index is 2.85. The van der Waals surface area contributed by atoms with E-state index in [4.69, 9.17) is 5.11 Å². The molecule has 0 aliphatic rings. The predicted molar refractivity (Wildman–Crippen MR) is 32.0 cm³/mol. The van der Waals surface area contributed by atoms with Crippen LogP contribution in [0, 0.1) is 0 Å². The van der Waals surface area contributed by atoms with Gasteiger partial charge in [0, 0.05) is 7.05 Å². The third-order valence-electron chi connectivity index (χ3n) is 1.21. The van der Waals surface area contributed by atoms with E-state index in [1.807, 2.05) is 0 Å². The molecule has 0 aliphatic heterocycles. The third kappa shape index (κ3) is 1.73. The van der Waals surface area contributed by atoms with Crippen LogP contribution in [0.15, 0.2) is 6.20 Å². The molecule has 12 heavy (non-hydrogen) atoms. The molecule has 1 heterocycles. The minimum Gasteiger partial charge on any atom is -0.378 e. The fourth-order valence-electron chi connectivity index (χ4n) is 0.658. The monoisotopic (exact) mass is 181 g/mol. The fourth-order valence-corrected chi connectivity index (χ4v) is 0.658. The highest BCUT2D eigenvalue weighted by Gasteiger charge is 2.41. The maximum atomic E-state index is 11.8. The van der Waals surface area contributed by atoms with Crippen LogP contribution >= 0.6 is 0 Å². The maximum absolute atomic E-state index is 11.8. The molecule has 1 rings (SSSR count). The molecule has 4 nitrogen and oxygen atoms in total. The minimum absolute atomic E-state index is 0.495. The zero-order chi connectivity index (χ0) is 9.35. The van der Waals surface area contributed by atoms with Crippen molar-refractivity contribution in [2.75, 3.05) is 0 Å². The molecule has 0 aliphatic carbocycles. The molecule has 1 aromatic rings. The van der Waals surface area contributed by atoms with Gasteiger partial charge < -0.3 is 5.11 Å². The zero-order valence-electron chi connectivity index (χ0n) is 6.08. The Morgan fingerprint density at radius 1 is 1.58 bits per heavy atom. The first-order chi connectivity index (χ1) is 5.41. The summed E-state index contributed by atoms with van der Waals surface area (Å²) in [5.41, 5.74) is -0.495. The number of aromatic nitrogens is 3. The number of hydrogen-bond acceptors (Lipinski definition) is 3. The average molecular weight is 181 g/mol. The van der Waals surface area contributed by atoms with E-state index in [0.717, 1.165) is 10.9 Å².